The van der Waals surface area contributed by atoms with Crippen LogP contribution in [0.1, 0.15) is 15.9 Å². The zero-order chi connectivity index (χ0) is 21.5. The number of amides is 3. The summed E-state index contributed by atoms with van der Waals surface area (Å²) in [4.78, 5) is 38.7. The fourth-order valence-electron chi connectivity index (χ4n) is 2.73. The summed E-state index contributed by atoms with van der Waals surface area (Å²) in [6.07, 6.45) is 1.24. The molecule has 0 saturated carbocycles. The summed E-state index contributed by atoms with van der Waals surface area (Å²) in [7, 11) is 0. The second kappa shape index (κ2) is 10.2. The minimum atomic E-state index is -1.01. The number of rotatable bonds is 4. The molecule has 0 aromatic heterocycles. The molecular weight excluding hydrogens is 431 g/mol. The SMILES string of the molecule is O=C(N/N=C/c1c(Cl)cccc1Cl)C(=O)Nc1ccccc1C(=O)N1CCOCC1. The van der Waals surface area contributed by atoms with Crippen LogP contribution in [0.4, 0.5) is 5.69 Å². The van der Waals surface area contributed by atoms with Gasteiger partial charge in [-0.3, -0.25) is 14.4 Å². The van der Waals surface area contributed by atoms with Gasteiger partial charge in [0, 0.05) is 18.7 Å². The number of benzene rings is 2. The molecule has 0 atom stereocenters. The maximum atomic E-state index is 12.7. The molecule has 1 saturated heterocycles. The van der Waals surface area contributed by atoms with Crippen molar-refractivity contribution < 1.29 is 19.1 Å². The van der Waals surface area contributed by atoms with Crippen molar-refractivity contribution >= 4 is 52.8 Å². The number of nitrogens with zero attached hydrogens (tertiary/aromatic N) is 2. The van der Waals surface area contributed by atoms with Crippen molar-refractivity contribution in [1.29, 1.82) is 0 Å². The highest BCUT2D eigenvalue weighted by Gasteiger charge is 2.22. The smallest absolute Gasteiger partial charge is 0.329 e. The van der Waals surface area contributed by atoms with Gasteiger partial charge in [0.15, 0.2) is 0 Å². The molecule has 0 aliphatic carbocycles. The van der Waals surface area contributed by atoms with Crippen molar-refractivity contribution in [3.63, 3.8) is 0 Å². The van der Waals surface area contributed by atoms with E-state index in [9.17, 15) is 14.4 Å². The highest BCUT2D eigenvalue weighted by Crippen LogP contribution is 2.22. The van der Waals surface area contributed by atoms with Gasteiger partial charge in [-0.2, -0.15) is 5.10 Å². The average Bonchev–Trinajstić information content (AvgIpc) is 2.76. The van der Waals surface area contributed by atoms with E-state index >= 15 is 0 Å². The predicted octanol–water partition coefficient (Wildman–Crippen LogP) is 2.55. The lowest BCUT2D eigenvalue weighted by molar-refractivity contribution is -0.136. The van der Waals surface area contributed by atoms with E-state index in [1.54, 1.807) is 47.4 Å². The number of halogens is 2. The van der Waals surface area contributed by atoms with Crippen LogP contribution in [-0.4, -0.2) is 55.1 Å². The number of hydrazone groups is 1. The molecule has 0 bridgehead atoms. The summed E-state index contributed by atoms with van der Waals surface area (Å²) in [5, 5.41) is 6.85. The molecule has 3 amide bonds. The minimum Gasteiger partial charge on any atom is -0.378 e. The Bertz CT molecular complexity index is 970. The second-order valence-electron chi connectivity index (χ2n) is 6.24. The van der Waals surface area contributed by atoms with Gasteiger partial charge >= 0.3 is 11.8 Å². The molecule has 0 spiro atoms. The second-order valence-corrected chi connectivity index (χ2v) is 7.05. The predicted molar refractivity (Wildman–Crippen MR) is 114 cm³/mol. The van der Waals surface area contributed by atoms with Gasteiger partial charge in [0.25, 0.3) is 5.91 Å². The molecule has 2 N–H and O–H groups in total. The molecule has 1 aliphatic rings. The third-order valence-corrected chi connectivity index (χ3v) is 4.93. The van der Waals surface area contributed by atoms with Crippen LogP contribution in [0, 0.1) is 0 Å². The quantitative estimate of drug-likeness (QED) is 0.426. The number of carbonyl (C=O) groups excluding carboxylic acids is 3. The van der Waals surface area contributed by atoms with Gasteiger partial charge in [-0.05, 0) is 24.3 Å². The Morgan fingerprint density at radius 1 is 0.967 bits per heavy atom. The zero-order valence-corrected chi connectivity index (χ0v) is 17.2. The lowest BCUT2D eigenvalue weighted by Crippen LogP contribution is -2.41. The molecule has 0 unspecified atom stereocenters. The number of hydrogen-bond acceptors (Lipinski definition) is 5. The zero-order valence-electron chi connectivity index (χ0n) is 15.7. The van der Waals surface area contributed by atoms with E-state index in [2.05, 4.69) is 15.8 Å². The number of ether oxygens (including phenoxy) is 1. The van der Waals surface area contributed by atoms with Gasteiger partial charge in [-0.1, -0.05) is 41.4 Å². The van der Waals surface area contributed by atoms with Crippen molar-refractivity contribution in [3.8, 4) is 0 Å². The highest BCUT2D eigenvalue weighted by atomic mass is 35.5. The maximum Gasteiger partial charge on any atom is 0.329 e. The summed E-state index contributed by atoms with van der Waals surface area (Å²) in [5.41, 5.74) is 3.03. The normalized spacial score (nSPS) is 13.9. The van der Waals surface area contributed by atoms with Crippen molar-refractivity contribution in [2.75, 3.05) is 31.6 Å². The lowest BCUT2D eigenvalue weighted by atomic mass is 10.1. The summed E-state index contributed by atoms with van der Waals surface area (Å²) >= 11 is 12.0. The lowest BCUT2D eigenvalue weighted by Gasteiger charge is -2.27. The van der Waals surface area contributed by atoms with Crippen LogP contribution >= 0.6 is 23.2 Å². The molecule has 10 heteroatoms. The van der Waals surface area contributed by atoms with E-state index in [0.29, 0.717) is 41.9 Å². The van der Waals surface area contributed by atoms with Crippen LogP contribution in [0.3, 0.4) is 0 Å². The van der Waals surface area contributed by atoms with E-state index < -0.39 is 11.8 Å². The number of morpholine rings is 1. The third kappa shape index (κ3) is 5.35. The molecule has 1 heterocycles. The van der Waals surface area contributed by atoms with Crippen LogP contribution in [0.5, 0.6) is 0 Å². The topological polar surface area (TPSA) is 100 Å². The molecule has 0 radical (unpaired) electrons. The third-order valence-electron chi connectivity index (χ3n) is 4.27. The molecule has 2 aromatic rings. The molecule has 2 aromatic carbocycles. The Hall–Kier alpha value is -2.94. The monoisotopic (exact) mass is 448 g/mol. The molecule has 3 rings (SSSR count). The van der Waals surface area contributed by atoms with Crippen LogP contribution in [-0.2, 0) is 14.3 Å². The van der Waals surface area contributed by atoms with E-state index in [0.717, 1.165) is 0 Å². The van der Waals surface area contributed by atoms with E-state index in [-0.39, 0.29) is 17.2 Å². The van der Waals surface area contributed by atoms with Crippen LogP contribution < -0.4 is 10.7 Å². The van der Waals surface area contributed by atoms with E-state index in [1.807, 2.05) is 0 Å². The molecule has 156 valence electrons. The van der Waals surface area contributed by atoms with Crippen molar-refractivity contribution in [3.05, 3.63) is 63.6 Å². The maximum absolute atomic E-state index is 12.7. The Kier molecular flexibility index (Phi) is 7.40. The van der Waals surface area contributed by atoms with E-state index in [4.69, 9.17) is 27.9 Å². The summed E-state index contributed by atoms with van der Waals surface area (Å²) in [6.45, 7) is 1.83. The van der Waals surface area contributed by atoms with Gasteiger partial charge in [-0.25, -0.2) is 5.43 Å². The van der Waals surface area contributed by atoms with Crippen molar-refractivity contribution in [2.24, 2.45) is 5.10 Å². The summed E-state index contributed by atoms with van der Waals surface area (Å²) in [5.74, 6) is -2.23. The first-order chi connectivity index (χ1) is 14.5. The van der Waals surface area contributed by atoms with Crippen LogP contribution in [0.15, 0.2) is 47.6 Å². The highest BCUT2D eigenvalue weighted by molar-refractivity contribution is 6.40. The van der Waals surface area contributed by atoms with Crippen LogP contribution in [0.2, 0.25) is 10.0 Å². The standard InChI is InChI=1S/C20H18Cl2N4O4/c21-15-5-3-6-16(22)14(15)12-23-25-19(28)18(27)24-17-7-2-1-4-13(17)20(29)26-8-10-30-11-9-26/h1-7,12H,8-11H2,(H,24,27)(H,25,28)/b23-12+. The van der Waals surface area contributed by atoms with Crippen LogP contribution in [0.25, 0.3) is 0 Å². The molecule has 30 heavy (non-hydrogen) atoms. The number of nitrogens with one attached hydrogen (secondary N) is 2. The van der Waals surface area contributed by atoms with E-state index in [1.165, 1.54) is 6.21 Å². The van der Waals surface area contributed by atoms with Gasteiger partial charge in [-0.15, -0.1) is 0 Å². The average molecular weight is 449 g/mol. The Balaban J connectivity index is 1.65. The number of hydrogen-bond donors (Lipinski definition) is 2. The largest absolute Gasteiger partial charge is 0.378 e. The van der Waals surface area contributed by atoms with Crippen molar-refractivity contribution in [1.82, 2.24) is 10.3 Å². The van der Waals surface area contributed by atoms with Gasteiger partial charge < -0.3 is 15.0 Å². The van der Waals surface area contributed by atoms with Gasteiger partial charge in [0.2, 0.25) is 0 Å². The van der Waals surface area contributed by atoms with Crippen molar-refractivity contribution in [2.45, 2.75) is 0 Å². The first-order valence-corrected chi connectivity index (χ1v) is 9.77. The first-order valence-electron chi connectivity index (χ1n) is 9.02. The van der Waals surface area contributed by atoms with Gasteiger partial charge in [0.05, 0.1) is 40.7 Å². The number of anilines is 1. The fourth-order valence-corrected chi connectivity index (χ4v) is 3.23. The Labute approximate surface area is 182 Å². The molecular formula is C20H18Cl2N4O4. The Morgan fingerprint density at radius 3 is 2.33 bits per heavy atom. The minimum absolute atomic E-state index is 0.229. The molecule has 1 fully saturated rings. The first kappa shape index (κ1) is 21.8. The molecule has 8 nitrogen and oxygen atoms in total. The number of para-hydroxylation sites is 1. The summed E-state index contributed by atoms with van der Waals surface area (Å²) < 4.78 is 5.25. The fraction of sp³-hybridized carbons (Fsp3) is 0.200. The number of carbonyl (C=O) groups is 3. The Morgan fingerprint density at radius 2 is 1.63 bits per heavy atom. The summed E-state index contributed by atoms with van der Waals surface area (Å²) in [6, 6.07) is 11.4. The van der Waals surface area contributed by atoms with Gasteiger partial charge in [0.1, 0.15) is 0 Å². The molecule has 1 aliphatic heterocycles.